The smallest absolute Gasteiger partial charge is 0.261 e. The van der Waals surface area contributed by atoms with E-state index in [2.05, 4.69) is 18.6 Å². The van der Waals surface area contributed by atoms with Crippen molar-refractivity contribution in [2.45, 2.75) is 44.4 Å². The number of hydrogen-bond donors (Lipinski definition) is 1. The highest BCUT2D eigenvalue weighted by molar-refractivity contribution is 7.92. The van der Waals surface area contributed by atoms with Crippen LogP contribution in [0.2, 0.25) is 0 Å². The normalized spacial score (nSPS) is 14.6. The molecule has 1 heterocycles. The summed E-state index contributed by atoms with van der Waals surface area (Å²) < 4.78 is 28.2. The average Bonchev–Trinajstić information content (AvgIpc) is 3.16. The standard InChI is InChI=1S/C21H26N2O3S/c1-15(2)17-7-9-18(10-8-17)22-27(25,26)19-11-6-16(3)20(14-19)21(24)23-12-4-5-13-23/h6-11,14-15,22H,4-5,12-13H2,1-3H3. The number of nitrogens with one attached hydrogen (secondary N) is 1. The first-order chi connectivity index (χ1) is 12.8. The highest BCUT2D eigenvalue weighted by Crippen LogP contribution is 2.23. The maximum absolute atomic E-state index is 12.8. The maximum atomic E-state index is 12.8. The zero-order valence-corrected chi connectivity index (χ0v) is 16.8. The van der Waals surface area contributed by atoms with Gasteiger partial charge < -0.3 is 4.90 Å². The molecule has 1 amide bonds. The van der Waals surface area contributed by atoms with Gasteiger partial charge in [0.25, 0.3) is 15.9 Å². The van der Waals surface area contributed by atoms with Gasteiger partial charge in [0.15, 0.2) is 0 Å². The zero-order chi connectivity index (χ0) is 19.6. The van der Waals surface area contributed by atoms with Crippen LogP contribution >= 0.6 is 0 Å². The minimum atomic E-state index is -3.76. The molecule has 5 nitrogen and oxygen atoms in total. The van der Waals surface area contributed by atoms with Gasteiger partial charge in [0.05, 0.1) is 4.90 Å². The minimum absolute atomic E-state index is 0.0941. The monoisotopic (exact) mass is 386 g/mol. The first kappa shape index (κ1) is 19.4. The molecule has 1 saturated heterocycles. The van der Waals surface area contributed by atoms with Crippen LogP contribution in [0.3, 0.4) is 0 Å². The van der Waals surface area contributed by atoms with Crippen LogP contribution in [0.25, 0.3) is 0 Å². The molecule has 0 radical (unpaired) electrons. The third-order valence-corrected chi connectivity index (χ3v) is 6.35. The van der Waals surface area contributed by atoms with Crippen molar-refractivity contribution in [3.05, 3.63) is 59.2 Å². The Kier molecular flexibility index (Phi) is 5.56. The van der Waals surface area contributed by atoms with Crippen molar-refractivity contribution in [1.82, 2.24) is 4.90 Å². The van der Waals surface area contributed by atoms with Crippen molar-refractivity contribution in [2.75, 3.05) is 17.8 Å². The number of rotatable bonds is 5. The molecular weight excluding hydrogens is 360 g/mol. The Bertz CT molecular complexity index is 928. The van der Waals surface area contributed by atoms with Gasteiger partial charge in [-0.3, -0.25) is 9.52 Å². The summed E-state index contributed by atoms with van der Waals surface area (Å²) in [6.07, 6.45) is 1.99. The van der Waals surface area contributed by atoms with Gasteiger partial charge >= 0.3 is 0 Å². The van der Waals surface area contributed by atoms with Gasteiger partial charge in [0.2, 0.25) is 0 Å². The fraction of sp³-hybridized carbons (Fsp3) is 0.381. The van der Waals surface area contributed by atoms with E-state index in [4.69, 9.17) is 0 Å². The molecule has 2 aromatic carbocycles. The molecule has 0 bridgehead atoms. The number of benzene rings is 2. The quantitative estimate of drug-likeness (QED) is 0.839. The van der Waals surface area contributed by atoms with E-state index in [1.54, 1.807) is 29.2 Å². The molecule has 1 aliphatic heterocycles. The van der Waals surface area contributed by atoms with Crippen molar-refractivity contribution < 1.29 is 13.2 Å². The molecule has 2 aromatic rings. The van der Waals surface area contributed by atoms with E-state index in [-0.39, 0.29) is 10.8 Å². The first-order valence-electron chi connectivity index (χ1n) is 9.30. The molecular formula is C21H26N2O3S. The third-order valence-electron chi connectivity index (χ3n) is 4.97. The number of sulfonamides is 1. The number of likely N-dealkylation sites (tertiary alicyclic amines) is 1. The predicted octanol–water partition coefficient (Wildman–Crippen LogP) is 4.16. The molecule has 0 aliphatic carbocycles. The second-order valence-corrected chi connectivity index (χ2v) is 9.04. The van der Waals surface area contributed by atoms with Crippen LogP contribution < -0.4 is 4.72 Å². The average molecular weight is 387 g/mol. The number of aryl methyl sites for hydroxylation is 1. The second-order valence-electron chi connectivity index (χ2n) is 7.36. The van der Waals surface area contributed by atoms with E-state index in [0.29, 0.717) is 17.2 Å². The lowest BCUT2D eigenvalue weighted by Crippen LogP contribution is -2.28. The minimum Gasteiger partial charge on any atom is -0.339 e. The summed E-state index contributed by atoms with van der Waals surface area (Å²) >= 11 is 0. The Hall–Kier alpha value is -2.34. The number of carbonyl (C=O) groups excluding carboxylic acids is 1. The van der Waals surface area contributed by atoms with Gasteiger partial charge in [0.1, 0.15) is 0 Å². The molecule has 3 rings (SSSR count). The van der Waals surface area contributed by atoms with E-state index < -0.39 is 10.0 Å². The lowest BCUT2D eigenvalue weighted by molar-refractivity contribution is 0.0792. The van der Waals surface area contributed by atoms with Gasteiger partial charge in [-0.15, -0.1) is 0 Å². The second kappa shape index (κ2) is 7.72. The molecule has 0 aromatic heterocycles. The Morgan fingerprint density at radius 3 is 2.26 bits per heavy atom. The number of carbonyl (C=O) groups is 1. The summed E-state index contributed by atoms with van der Waals surface area (Å²) in [5.74, 6) is 0.287. The fourth-order valence-corrected chi connectivity index (χ4v) is 4.32. The largest absolute Gasteiger partial charge is 0.339 e. The van der Waals surface area contributed by atoms with Gasteiger partial charge in [-0.25, -0.2) is 8.42 Å². The van der Waals surface area contributed by atoms with E-state index >= 15 is 0 Å². The van der Waals surface area contributed by atoms with Crippen LogP contribution in [0.4, 0.5) is 5.69 Å². The molecule has 0 unspecified atom stereocenters. The van der Waals surface area contributed by atoms with Crippen LogP contribution in [-0.2, 0) is 10.0 Å². The molecule has 1 aliphatic rings. The van der Waals surface area contributed by atoms with E-state index in [1.807, 2.05) is 19.1 Å². The van der Waals surface area contributed by atoms with Gasteiger partial charge in [-0.1, -0.05) is 32.0 Å². The summed E-state index contributed by atoms with van der Waals surface area (Å²) in [5.41, 5.74) is 2.89. The summed E-state index contributed by atoms with van der Waals surface area (Å²) in [5, 5.41) is 0. The number of amides is 1. The van der Waals surface area contributed by atoms with Gasteiger partial charge in [-0.2, -0.15) is 0 Å². The lowest BCUT2D eigenvalue weighted by Gasteiger charge is -2.17. The number of nitrogens with zero attached hydrogens (tertiary/aromatic N) is 1. The van der Waals surface area contributed by atoms with Gasteiger partial charge in [0, 0.05) is 24.3 Å². The Labute approximate surface area is 161 Å². The van der Waals surface area contributed by atoms with Gasteiger partial charge in [-0.05, 0) is 61.1 Å². The molecule has 1 N–H and O–H groups in total. The predicted molar refractivity (Wildman–Crippen MR) is 108 cm³/mol. The summed E-state index contributed by atoms with van der Waals surface area (Å²) in [6.45, 7) is 7.47. The lowest BCUT2D eigenvalue weighted by atomic mass is 10.0. The van der Waals surface area contributed by atoms with Crippen molar-refractivity contribution in [3.63, 3.8) is 0 Å². The van der Waals surface area contributed by atoms with Crippen LogP contribution in [0.1, 0.15) is 54.1 Å². The highest BCUT2D eigenvalue weighted by Gasteiger charge is 2.23. The maximum Gasteiger partial charge on any atom is 0.261 e. The van der Waals surface area contributed by atoms with Crippen molar-refractivity contribution >= 4 is 21.6 Å². The fourth-order valence-electron chi connectivity index (χ4n) is 3.24. The molecule has 6 heteroatoms. The van der Waals surface area contributed by atoms with Crippen molar-refractivity contribution in [3.8, 4) is 0 Å². The molecule has 0 atom stereocenters. The summed E-state index contributed by atoms with van der Waals surface area (Å²) in [4.78, 5) is 14.6. The van der Waals surface area contributed by atoms with E-state index in [9.17, 15) is 13.2 Å². The third kappa shape index (κ3) is 4.33. The van der Waals surface area contributed by atoms with Crippen LogP contribution in [0.5, 0.6) is 0 Å². The highest BCUT2D eigenvalue weighted by atomic mass is 32.2. The van der Waals surface area contributed by atoms with Crippen LogP contribution in [0, 0.1) is 6.92 Å². The molecule has 144 valence electrons. The Balaban J connectivity index is 1.85. The van der Waals surface area contributed by atoms with E-state index in [0.717, 1.165) is 37.1 Å². The van der Waals surface area contributed by atoms with Crippen LogP contribution in [0.15, 0.2) is 47.4 Å². The topological polar surface area (TPSA) is 66.5 Å². The molecule has 1 fully saturated rings. The molecule has 0 saturated carbocycles. The molecule has 0 spiro atoms. The Morgan fingerprint density at radius 1 is 1.04 bits per heavy atom. The SMILES string of the molecule is Cc1ccc(S(=O)(=O)Nc2ccc(C(C)C)cc2)cc1C(=O)N1CCCC1. The van der Waals surface area contributed by atoms with Crippen molar-refractivity contribution in [1.29, 1.82) is 0 Å². The Morgan fingerprint density at radius 2 is 1.67 bits per heavy atom. The van der Waals surface area contributed by atoms with Crippen LogP contribution in [-0.4, -0.2) is 32.3 Å². The van der Waals surface area contributed by atoms with E-state index in [1.165, 1.54) is 6.07 Å². The molecule has 27 heavy (non-hydrogen) atoms. The summed E-state index contributed by atoms with van der Waals surface area (Å²) in [6, 6.07) is 12.1. The number of hydrogen-bond acceptors (Lipinski definition) is 3. The zero-order valence-electron chi connectivity index (χ0n) is 16.0. The number of anilines is 1. The van der Waals surface area contributed by atoms with Crippen molar-refractivity contribution in [2.24, 2.45) is 0 Å². The first-order valence-corrected chi connectivity index (χ1v) is 10.8. The summed E-state index contributed by atoms with van der Waals surface area (Å²) in [7, 11) is -3.76.